The molecule has 0 saturated heterocycles. The van der Waals surface area contributed by atoms with Gasteiger partial charge in [0.15, 0.2) is 0 Å². The van der Waals surface area contributed by atoms with E-state index in [2.05, 4.69) is 61.1 Å². The van der Waals surface area contributed by atoms with Gasteiger partial charge in [0.05, 0.1) is 5.54 Å². The van der Waals surface area contributed by atoms with Crippen molar-refractivity contribution in [3.05, 3.63) is 65.0 Å². The van der Waals surface area contributed by atoms with Crippen molar-refractivity contribution in [2.24, 2.45) is 4.99 Å². The number of aromatic nitrogens is 1. The van der Waals surface area contributed by atoms with Crippen LogP contribution in [0.3, 0.4) is 0 Å². The van der Waals surface area contributed by atoms with E-state index in [9.17, 15) is 0 Å². The van der Waals surface area contributed by atoms with E-state index in [1.54, 1.807) is 0 Å². The van der Waals surface area contributed by atoms with E-state index in [4.69, 9.17) is 4.74 Å². The second-order valence-electron chi connectivity index (χ2n) is 6.52. The Morgan fingerprint density at radius 1 is 1.14 bits per heavy atom. The van der Waals surface area contributed by atoms with Crippen molar-refractivity contribution in [3.63, 3.8) is 0 Å². The van der Waals surface area contributed by atoms with Gasteiger partial charge in [0, 0.05) is 6.20 Å². The topological polar surface area (TPSA) is 34.5 Å². The molecule has 1 aliphatic rings. The number of benzene rings is 1. The average Bonchev–Trinajstić information content (AvgIpc) is 2.86. The molecule has 22 heavy (non-hydrogen) atoms. The monoisotopic (exact) mass is 294 g/mol. The number of pyridine rings is 1. The molecule has 3 rings (SSSR count). The van der Waals surface area contributed by atoms with Gasteiger partial charge in [-0.15, -0.1) is 0 Å². The molecule has 1 aliphatic heterocycles. The number of hydrogen-bond donors (Lipinski definition) is 0. The fourth-order valence-electron chi connectivity index (χ4n) is 2.69. The third-order valence-corrected chi connectivity index (χ3v) is 3.83. The molecular weight excluding hydrogens is 272 g/mol. The first-order valence-electron chi connectivity index (χ1n) is 7.76. The summed E-state index contributed by atoms with van der Waals surface area (Å²) in [5, 5.41) is 0. The molecule has 0 atom stereocenters. The van der Waals surface area contributed by atoms with Crippen molar-refractivity contribution in [1.29, 1.82) is 0 Å². The Hall–Kier alpha value is -2.16. The first kappa shape index (κ1) is 14.8. The smallest absolute Gasteiger partial charge is 0.236 e. The fourth-order valence-corrected chi connectivity index (χ4v) is 2.69. The van der Waals surface area contributed by atoms with Gasteiger partial charge in [-0.3, -0.25) is 4.98 Å². The maximum absolute atomic E-state index is 5.75. The molecule has 0 N–H and O–H groups in total. The molecule has 2 heterocycles. The van der Waals surface area contributed by atoms with Gasteiger partial charge in [-0.05, 0) is 50.8 Å². The molecular formula is C19H22N2O. The number of hydrogen-bond acceptors (Lipinski definition) is 3. The lowest BCUT2D eigenvalue weighted by Crippen LogP contribution is -2.17. The van der Waals surface area contributed by atoms with Gasteiger partial charge in [0.2, 0.25) is 5.90 Å². The van der Waals surface area contributed by atoms with E-state index >= 15 is 0 Å². The molecule has 0 amide bonds. The first-order chi connectivity index (χ1) is 10.5. The van der Waals surface area contributed by atoms with Gasteiger partial charge >= 0.3 is 0 Å². The maximum Gasteiger partial charge on any atom is 0.236 e. The summed E-state index contributed by atoms with van der Waals surface area (Å²) in [5.41, 5.74) is 4.58. The molecule has 1 aromatic carbocycles. The summed E-state index contributed by atoms with van der Waals surface area (Å²) in [7, 11) is 0. The van der Waals surface area contributed by atoms with Crippen molar-refractivity contribution < 1.29 is 4.74 Å². The molecule has 0 aliphatic carbocycles. The van der Waals surface area contributed by atoms with Crippen LogP contribution in [-0.2, 0) is 17.6 Å². The molecule has 0 fully saturated rings. The normalized spacial score (nSPS) is 16.2. The molecule has 0 unspecified atom stereocenters. The Balaban J connectivity index is 1.80. The molecule has 2 aromatic rings. The van der Waals surface area contributed by atoms with E-state index in [1.165, 1.54) is 16.7 Å². The molecule has 3 heteroatoms. The van der Waals surface area contributed by atoms with Gasteiger partial charge in [0.1, 0.15) is 12.3 Å². The predicted octanol–water partition coefficient (Wildman–Crippen LogP) is 3.73. The van der Waals surface area contributed by atoms with E-state index in [-0.39, 0.29) is 5.54 Å². The number of rotatable bonds is 4. The largest absolute Gasteiger partial charge is 0.474 e. The summed E-state index contributed by atoms with van der Waals surface area (Å²) in [4.78, 5) is 9.15. The minimum atomic E-state index is -0.152. The quantitative estimate of drug-likeness (QED) is 0.861. The second kappa shape index (κ2) is 5.91. The van der Waals surface area contributed by atoms with Crippen LogP contribution in [0.2, 0.25) is 0 Å². The van der Waals surface area contributed by atoms with Crippen LogP contribution in [0.5, 0.6) is 0 Å². The summed E-state index contributed by atoms with van der Waals surface area (Å²) in [6.07, 6.45) is 3.75. The van der Waals surface area contributed by atoms with Crippen molar-refractivity contribution in [1.82, 2.24) is 4.98 Å². The van der Waals surface area contributed by atoms with Crippen molar-refractivity contribution in [3.8, 4) is 0 Å². The molecule has 1 aromatic heterocycles. The zero-order valence-corrected chi connectivity index (χ0v) is 13.5. The Morgan fingerprint density at radius 2 is 2.00 bits per heavy atom. The minimum absolute atomic E-state index is 0.152. The van der Waals surface area contributed by atoms with Gasteiger partial charge in [0.25, 0.3) is 0 Å². The van der Waals surface area contributed by atoms with Crippen molar-refractivity contribution in [2.75, 3.05) is 6.61 Å². The van der Waals surface area contributed by atoms with E-state index < -0.39 is 0 Å². The van der Waals surface area contributed by atoms with Gasteiger partial charge < -0.3 is 4.74 Å². The number of ether oxygens (including phenoxy) is 1. The van der Waals surface area contributed by atoms with Crippen LogP contribution in [0, 0.1) is 6.92 Å². The summed E-state index contributed by atoms with van der Waals surface area (Å²) in [6, 6.07) is 12.8. The van der Waals surface area contributed by atoms with Crippen molar-refractivity contribution in [2.45, 2.75) is 39.2 Å². The number of aliphatic imine (C=N–C) groups is 1. The highest BCUT2D eigenvalue weighted by Gasteiger charge is 2.28. The van der Waals surface area contributed by atoms with E-state index in [0.29, 0.717) is 12.5 Å². The Bertz CT molecular complexity index is 704. The Kier molecular flexibility index (Phi) is 3.97. The summed E-state index contributed by atoms with van der Waals surface area (Å²) in [6.45, 7) is 6.91. The van der Waals surface area contributed by atoms with Crippen LogP contribution >= 0.6 is 0 Å². The molecule has 0 spiro atoms. The van der Waals surface area contributed by atoms with Crippen molar-refractivity contribution >= 4 is 5.90 Å². The molecule has 0 bridgehead atoms. The van der Waals surface area contributed by atoms with Crippen LogP contribution in [0.15, 0.2) is 47.6 Å². The highest BCUT2D eigenvalue weighted by Crippen LogP contribution is 2.22. The summed E-state index contributed by atoms with van der Waals surface area (Å²) in [5.74, 6) is 0.685. The number of nitrogens with zero attached hydrogens (tertiary/aromatic N) is 2. The van der Waals surface area contributed by atoms with E-state index in [1.807, 2.05) is 12.3 Å². The summed E-state index contributed by atoms with van der Waals surface area (Å²) >= 11 is 0. The highest BCUT2D eigenvalue weighted by atomic mass is 16.5. The van der Waals surface area contributed by atoms with Crippen LogP contribution in [0.1, 0.15) is 36.2 Å². The van der Waals surface area contributed by atoms with Crippen LogP contribution in [0.25, 0.3) is 0 Å². The van der Waals surface area contributed by atoms with Gasteiger partial charge in [-0.25, -0.2) is 4.99 Å². The standard InChI is InChI=1S/C19H22N2O/c1-14-6-4-7-15(12-14)9-10-16-8-5-11-20-17(16)18-21-19(2,3)13-22-18/h4-8,11-12H,9-10,13H2,1-3H3. The number of aryl methyl sites for hydroxylation is 3. The van der Waals surface area contributed by atoms with Crippen LogP contribution in [0.4, 0.5) is 0 Å². The second-order valence-corrected chi connectivity index (χ2v) is 6.52. The van der Waals surface area contributed by atoms with E-state index in [0.717, 1.165) is 18.5 Å². The third kappa shape index (κ3) is 3.35. The summed E-state index contributed by atoms with van der Waals surface area (Å²) < 4.78 is 5.75. The maximum atomic E-state index is 5.75. The fraction of sp³-hybridized carbons (Fsp3) is 0.368. The molecule has 3 nitrogen and oxygen atoms in total. The SMILES string of the molecule is Cc1cccc(CCc2cccnc2C2=NC(C)(C)CO2)c1. The first-order valence-corrected chi connectivity index (χ1v) is 7.76. The zero-order chi connectivity index (χ0) is 15.6. The highest BCUT2D eigenvalue weighted by molar-refractivity contribution is 5.94. The molecule has 0 saturated carbocycles. The van der Waals surface area contributed by atoms with Gasteiger partial charge in [-0.1, -0.05) is 35.9 Å². The molecule has 0 radical (unpaired) electrons. The van der Waals surface area contributed by atoms with Crippen LogP contribution in [-0.4, -0.2) is 23.0 Å². The third-order valence-electron chi connectivity index (χ3n) is 3.83. The molecule has 114 valence electrons. The van der Waals surface area contributed by atoms with Crippen LogP contribution < -0.4 is 0 Å². The average molecular weight is 294 g/mol. The Morgan fingerprint density at radius 3 is 2.73 bits per heavy atom. The van der Waals surface area contributed by atoms with Gasteiger partial charge in [-0.2, -0.15) is 0 Å². The predicted molar refractivity (Wildman–Crippen MR) is 89.4 cm³/mol. The lowest BCUT2D eigenvalue weighted by Gasteiger charge is -2.08. The zero-order valence-electron chi connectivity index (χ0n) is 13.5. The lowest BCUT2D eigenvalue weighted by molar-refractivity contribution is 0.279. The minimum Gasteiger partial charge on any atom is -0.474 e. The Labute approximate surface area is 132 Å². The lowest BCUT2D eigenvalue weighted by atomic mass is 10.0.